The quantitative estimate of drug-likeness (QED) is 0.889. The topological polar surface area (TPSA) is 67.8 Å². The molecular formula is C16H21NO4. The van der Waals surface area contributed by atoms with E-state index in [1.54, 1.807) is 0 Å². The van der Waals surface area contributed by atoms with E-state index in [4.69, 9.17) is 14.6 Å². The minimum atomic E-state index is -0.658. The van der Waals surface area contributed by atoms with E-state index in [0.29, 0.717) is 12.6 Å². The van der Waals surface area contributed by atoms with Gasteiger partial charge in [0.25, 0.3) is 0 Å². The van der Waals surface area contributed by atoms with Gasteiger partial charge in [-0.3, -0.25) is 4.79 Å². The molecule has 1 aromatic carbocycles. The van der Waals surface area contributed by atoms with Gasteiger partial charge >= 0.3 is 5.97 Å². The van der Waals surface area contributed by atoms with Crippen LogP contribution in [0.15, 0.2) is 24.3 Å². The minimum Gasteiger partial charge on any atom is -0.486 e. The van der Waals surface area contributed by atoms with Crippen LogP contribution in [0.1, 0.15) is 25.7 Å². The minimum absolute atomic E-state index is 0.0112. The first-order valence-electron chi connectivity index (χ1n) is 7.57. The van der Waals surface area contributed by atoms with Crippen molar-refractivity contribution in [2.75, 3.05) is 13.2 Å². The van der Waals surface area contributed by atoms with Gasteiger partial charge in [0.2, 0.25) is 0 Å². The molecule has 1 aliphatic heterocycles. The Hall–Kier alpha value is -1.75. The number of ether oxygens (including phenoxy) is 2. The summed E-state index contributed by atoms with van der Waals surface area (Å²) < 4.78 is 11.6. The number of carboxylic acids is 1. The summed E-state index contributed by atoms with van der Waals surface area (Å²) in [4.78, 5) is 10.9. The lowest BCUT2D eigenvalue weighted by Gasteiger charge is -2.30. The van der Waals surface area contributed by atoms with E-state index in [-0.39, 0.29) is 12.0 Å². The average Bonchev–Trinajstić information content (AvgIpc) is 2.53. The molecule has 1 aromatic rings. The van der Waals surface area contributed by atoms with Gasteiger partial charge in [-0.05, 0) is 37.8 Å². The van der Waals surface area contributed by atoms with Gasteiger partial charge in [0.15, 0.2) is 11.5 Å². The number of fused-ring (bicyclic) bond motifs is 1. The fraction of sp³-hybridized carbons (Fsp3) is 0.562. The number of benzene rings is 1. The Morgan fingerprint density at radius 1 is 1.19 bits per heavy atom. The Morgan fingerprint density at radius 2 is 1.90 bits per heavy atom. The second-order valence-corrected chi connectivity index (χ2v) is 5.79. The van der Waals surface area contributed by atoms with Gasteiger partial charge in [-0.25, -0.2) is 0 Å². The van der Waals surface area contributed by atoms with Crippen LogP contribution >= 0.6 is 0 Å². The molecule has 3 rings (SSSR count). The van der Waals surface area contributed by atoms with Gasteiger partial charge in [-0.15, -0.1) is 0 Å². The van der Waals surface area contributed by atoms with Crippen molar-refractivity contribution in [2.45, 2.75) is 37.8 Å². The third-order valence-corrected chi connectivity index (χ3v) is 4.28. The monoisotopic (exact) mass is 291 g/mol. The molecule has 0 radical (unpaired) electrons. The number of carboxylic acid groups (broad SMARTS) is 1. The van der Waals surface area contributed by atoms with Crippen LogP contribution in [0.5, 0.6) is 11.5 Å². The highest BCUT2D eigenvalue weighted by Crippen LogP contribution is 2.31. The zero-order chi connectivity index (χ0) is 14.7. The largest absolute Gasteiger partial charge is 0.486 e. The van der Waals surface area contributed by atoms with Gasteiger partial charge in [0.1, 0.15) is 12.7 Å². The maximum absolute atomic E-state index is 10.9. The normalized spacial score (nSPS) is 28.1. The molecule has 1 atom stereocenters. The molecule has 0 aromatic heterocycles. The standard InChI is InChI=1S/C16H21NO4/c18-16(19)11-5-7-12(8-6-11)17-9-13-10-20-14-3-1-2-4-15(14)21-13/h1-4,11-13,17H,5-10H2,(H,18,19). The number of aliphatic carboxylic acids is 1. The molecular weight excluding hydrogens is 270 g/mol. The Bertz CT molecular complexity index is 497. The zero-order valence-corrected chi connectivity index (χ0v) is 12.0. The molecule has 2 N–H and O–H groups in total. The van der Waals surface area contributed by atoms with Crippen molar-refractivity contribution in [3.63, 3.8) is 0 Å². The highest BCUT2D eigenvalue weighted by molar-refractivity contribution is 5.70. The third kappa shape index (κ3) is 3.47. The Kier molecular flexibility index (Phi) is 4.29. The van der Waals surface area contributed by atoms with Gasteiger partial charge in [-0.1, -0.05) is 12.1 Å². The summed E-state index contributed by atoms with van der Waals surface area (Å²) in [7, 11) is 0. The maximum atomic E-state index is 10.9. The highest BCUT2D eigenvalue weighted by atomic mass is 16.6. The third-order valence-electron chi connectivity index (χ3n) is 4.28. The molecule has 0 spiro atoms. The molecule has 0 saturated heterocycles. The van der Waals surface area contributed by atoms with Crippen LogP contribution in [0.3, 0.4) is 0 Å². The zero-order valence-electron chi connectivity index (χ0n) is 12.0. The van der Waals surface area contributed by atoms with Crippen LogP contribution in [-0.2, 0) is 4.79 Å². The molecule has 114 valence electrons. The lowest BCUT2D eigenvalue weighted by Crippen LogP contribution is -2.44. The molecule has 1 unspecified atom stereocenters. The van der Waals surface area contributed by atoms with E-state index in [1.807, 2.05) is 24.3 Å². The molecule has 0 bridgehead atoms. The van der Waals surface area contributed by atoms with Crippen LogP contribution in [0.4, 0.5) is 0 Å². The second kappa shape index (κ2) is 6.35. The van der Waals surface area contributed by atoms with Crippen LogP contribution in [0.25, 0.3) is 0 Å². The summed E-state index contributed by atoms with van der Waals surface area (Å²) in [5, 5.41) is 12.5. The molecule has 5 nitrogen and oxygen atoms in total. The summed E-state index contributed by atoms with van der Waals surface area (Å²) in [5.41, 5.74) is 0. The lowest BCUT2D eigenvalue weighted by atomic mass is 9.86. The first-order valence-corrected chi connectivity index (χ1v) is 7.57. The molecule has 5 heteroatoms. The van der Waals surface area contributed by atoms with Gasteiger partial charge in [-0.2, -0.15) is 0 Å². The van der Waals surface area contributed by atoms with Gasteiger partial charge in [0, 0.05) is 12.6 Å². The van der Waals surface area contributed by atoms with Crippen LogP contribution in [0.2, 0.25) is 0 Å². The number of hydrogen-bond acceptors (Lipinski definition) is 4. The molecule has 1 saturated carbocycles. The molecule has 2 aliphatic rings. The fourth-order valence-corrected chi connectivity index (χ4v) is 3.01. The van der Waals surface area contributed by atoms with Crippen molar-refractivity contribution in [1.82, 2.24) is 5.32 Å². The first kappa shape index (κ1) is 14.2. The predicted octanol–water partition coefficient (Wildman–Crippen LogP) is 2.06. The second-order valence-electron chi connectivity index (χ2n) is 5.79. The Morgan fingerprint density at radius 3 is 2.62 bits per heavy atom. The summed E-state index contributed by atoms with van der Waals surface area (Å²) in [5.74, 6) is 0.777. The van der Waals surface area contributed by atoms with Crippen molar-refractivity contribution in [3.8, 4) is 11.5 Å². The summed E-state index contributed by atoms with van der Waals surface area (Å²) in [6, 6.07) is 8.08. The van der Waals surface area contributed by atoms with E-state index in [1.165, 1.54) is 0 Å². The van der Waals surface area contributed by atoms with Crippen molar-refractivity contribution in [3.05, 3.63) is 24.3 Å². The van der Waals surface area contributed by atoms with E-state index in [0.717, 1.165) is 43.7 Å². The van der Waals surface area contributed by atoms with Crippen molar-refractivity contribution < 1.29 is 19.4 Å². The first-order chi connectivity index (χ1) is 10.2. The summed E-state index contributed by atoms with van der Waals surface area (Å²) in [6.07, 6.45) is 3.37. The smallest absolute Gasteiger partial charge is 0.306 e. The number of carbonyl (C=O) groups is 1. The predicted molar refractivity (Wildman–Crippen MR) is 77.7 cm³/mol. The molecule has 0 amide bonds. The van der Waals surface area contributed by atoms with Gasteiger partial charge < -0.3 is 19.9 Å². The lowest BCUT2D eigenvalue weighted by molar-refractivity contribution is -0.142. The molecule has 1 heterocycles. The average molecular weight is 291 g/mol. The van der Waals surface area contributed by atoms with E-state index in [9.17, 15) is 4.79 Å². The highest BCUT2D eigenvalue weighted by Gasteiger charge is 2.27. The van der Waals surface area contributed by atoms with Crippen molar-refractivity contribution in [2.24, 2.45) is 5.92 Å². The van der Waals surface area contributed by atoms with Crippen LogP contribution < -0.4 is 14.8 Å². The van der Waals surface area contributed by atoms with Gasteiger partial charge in [0.05, 0.1) is 5.92 Å². The van der Waals surface area contributed by atoms with Crippen LogP contribution in [0, 0.1) is 5.92 Å². The Balaban J connectivity index is 1.44. The fourth-order valence-electron chi connectivity index (χ4n) is 3.01. The molecule has 1 fully saturated rings. The SMILES string of the molecule is O=C(O)C1CCC(NCC2COc3ccccc3O2)CC1. The van der Waals surface area contributed by atoms with Crippen molar-refractivity contribution >= 4 is 5.97 Å². The number of rotatable bonds is 4. The van der Waals surface area contributed by atoms with E-state index < -0.39 is 5.97 Å². The summed E-state index contributed by atoms with van der Waals surface area (Å²) in [6.45, 7) is 1.28. The molecule has 1 aliphatic carbocycles. The summed E-state index contributed by atoms with van der Waals surface area (Å²) >= 11 is 0. The Labute approximate surface area is 124 Å². The van der Waals surface area contributed by atoms with E-state index >= 15 is 0 Å². The molecule has 21 heavy (non-hydrogen) atoms. The number of nitrogens with one attached hydrogen (secondary N) is 1. The maximum Gasteiger partial charge on any atom is 0.306 e. The van der Waals surface area contributed by atoms with Crippen molar-refractivity contribution in [1.29, 1.82) is 0 Å². The van der Waals surface area contributed by atoms with Crippen LogP contribution in [-0.4, -0.2) is 36.4 Å². The van der Waals surface area contributed by atoms with E-state index in [2.05, 4.69) is 5.32 Å². The number of hydrogen-bond donors (Lipinski definition) is 2. The number of para-hydroxylation sites is 2.